The van der Waals surface area contributed by atoms with Gasteiger partial charge in [-0.05, 0) is 51.4 Å². The highest BCUT2D eigenvalue weighted by atomic mass is 16.4. The fourth-order valence-corrected chi connectivity index (χ4v) is 3.61. The van der Waals surface area contributed by atoms with E-state index >= 15 is 0 Å². The fourth-order valence-electron chi connectivity index (χ4n) is 3.61. The number of carbonyl (C=O) groups is 1. The third-order valence-corrected chi connectivity index (χ3v) is 5.31. The Morgan fingerprint density at radius 3 is 1.52 bits per heavy atom. The number of carboxylic acid groups (broad SMARTS) is 1. The molecule has 0 radical (unpaired) electrons. The zero-order valence-electron chi connectivity index (χ0n) is 18.5. The van der Waals surface area contributed by atoms with Crippen LogP contribution in [0.1, 0.15) is 105 Å². The summed E-state index contributed by atoms with van der Waals surface area (Å²) in [6, 6.07) is 0.705. The molecule has 0 aromatic rings. The van der Waals surface area contributed by atoms with Crippen molar-refractivity contribution in [3.63, 3.8) is 0 Å². The van der Waals surface area contributed by atoms with Gasteiger partial charge in [-0.2, -0.15) is 0 Å². The second-order valence-electron chi connectivity index (χ2n) is 7.57. The molecule has 1 N–H and O–H groups in total. The van der Waals surface area contributed by atoms with E-state index in [0.717, 1.165) is 51.4 Å². The van der Waals surface area contributed by atoms with Crippen LogP contribution in [0.2, 0.25) is 0 Å². The summed E-state index contributed by atoms with van der Waals surface area (Å²) in [5, 5.41) is 9.44. The first-order valence-corrected chi connectivity index (χ1v) is 11.4. The number of hydrogen-bond acceptors (Lipinski definition) is 2. The molecule has 3 nitrogen and oxygen atoms in total. The first-order chi connectivity index (χ1) is 13.1. The lowest BCUT2D eigenvalue weighted by Crippen LogP contribution is -2.45. The SMILES string of the molecule is CCCC/C=C/CCC(CC)N(CC(=O)O)C(CC)CC/C=C/CCCC. The number of unbranched alkanes of at least 4 members (excludes halogenated alkanes) is 4. The molecule has 0 saturated carbocycles. The molecule has 0 fully saturated rings. The molecular formula is C24H45NO2. The smallest absolute Gasteiger partial charge is 0.317 e. The summed E-state index contributed by atoms with van der Waals surface area (Å²) in [4.78, 5) is 13.7. The third kappa shape index (κ3) is 13.7. The molecule has 2 unspecified atom stereocenters. The number of rotatable bonds is 18. The highest BCUT2D eigenvalue weighted by Gasteiger charge is 2.25. The Morgan fingerprint density at radius 2 is 1.19 bits per heavy atom. The third-order valence-electron chi connectivity index (χ3n) is 5.31. The van der Waals surface area contributed by atoms with Crippen molar-refractivity contribution in [2.45, 2.75) is 117 Å². The van der Waals surface area contributed by atoms with E-state index in [1.165, 1.54) is 25.7 Å². The lowest BCUT2D eigenvalue weighted by Gasteiger charge is -2.36. The molecule has 0 spiro atoms. The van der Waals surface area contributed by atoms with E-state index in [9.17, 15) is 9.90 Å². The monoisotopic (exact) mass is 379 g/mol. The van der Waals surface area contributed by atoms with Gasteiger partial charge in [0.15, 0.2) is 0 Å². The number of carboxylic acids is 1. The first-order valence-electron chi connectivity index (χ1n) is 11.4. The van der Waals surface area contributed by atoms with Crippen LogP contribution in [0.3, 0.4) is 0 Å². The molecule has 0 aromatic heterocycles. The average Bonchev–Trinajstić information content (AvgIpc) is 2.65. The van der Waals surface area contributed by atoms with Crippen LogP contribution in [0.15, 0.2) is 24.3 Å². The molecule has 3 heteroatoms. The maximum atomic E-state index is 11.5. The van der Waals surface area contributed by atoms with Crippen LogP contribution in [-0.4, -0.2) is 34.6 Å². The summed E-state index contributed by atoms with van der Waals surface area (Å²) < 4.78 is 0. The molecule has 0 aliphatic carbocycles. The Morgan fingerprint density at radius 1 is 0.778 bits per heavy atom. The molecule has 158 valence electrons. The Kier molecular flexibility index (Phi) is 17.5. The summed E-state index contributed by atoms with van der Waals surface area (Å²) in [6.45, 7) is 8.98. The fraction of sp³-hybridized carbons (Fsp3) is 0.792. The van der Waals surface area contributed by atoms with Crippen LogP contribution in [0.4, 0.5) is 0 Å². The van der Waals surface area contributed by atoms with Gasteiger partial charge in [-0.15, -0.1) is 0 Å². The Hall–Kier alpha value is -1.09. The maximum absolute atomic E-state index is 11.5. The highest BCUT2D eigenvalue weighted by molar-refractivity contribution is 5.69. The molecule has 0 aliphatic heterocycles. The topological polar surface area (TPSA) is 40.5 Å². The summed E-state index contributed by atoms with van der Waals surface area (Å²) >= 11 is 0. The zero-order valence-corrected chi connectivity index (χ0v) is 18.5. The second kappa shape index (κ2) is 18.3. The van der Waals surface area contributed by atoms with Crippen molar-refractivity contribution in [3.05, 3.63) is 24.3 Å². The standard InChI is InChI=1S/C24H45NO2/c1-5-9-11-13-15-17-19-22(7-3)25(21-24(26)27)23(8-4)20-18-16-14-12-10-6-2/h13-16,22-23H,5-12,17-21H2,1-4H3,(H,26,27)/b15-13+,16-14+. The van der Waals surface area contributed by atoms with E-state index in [0.29, 0.717) is 12.1 Å². The lowest BCUT2D eigenvalue weighted by atomic mass is 9.99. The Balaban J connectivity index is 4.71. The quantitative estimate of drug-likeness (QED) is 0.206. The van der Waals surface area contributed by atoms with Gasteiger partial charge in [0.05, 0.1) is 6.54 Å². The molecule has 0 aliphatic rings. The predicted molar refractivity (Wildman–Crippen MR) is 118 cm³/mol. The van der Waals surface area contributed by atoms with E-state index in [4.69, 9.17) is 0 Å². The Bertz CT molecular complexity index is 373. The first kappa shape index (κ1) is 25.9. The second-order valence-corrected chi connectivity index (χ2v) is 7.57. The normalized spacial score (nSPS) is 14.4. The van der Waals surface area contributed by atoms with Crippen molar-refractivity contribution < 1.29 is 9.90 Å². The van der Waals surface area contributed by atoms with Crippen LogP contribution >= 0.6 is 0 Å². The summed E-state index contributed by atoms with van der Waals surface area (Å²) in [6.07, 6.45) is 22.7. The van der Waals surface area contributed by atoms with Gasteiger partial charge in [-0.3, -0.25) is 9.69 Å². The van der Waals surface area contributed by atoms with Crippen molar-refractivity contribution in [3.8, 4) is 0 Å². The van der Waals surface area contributed by atoms with Gasteiger partial charge in [0.1, 0.15) is 0 Å². The van der Waals surface area contributed by atoms with Crippen molar-refractivity contribution >= 4 is 5.97 Å². The van der Waals surface area contributed by atoms with E-state index in [-0.39, 0.29) is 6.54 Å². The van der Waals surface area contributed by atoms with E-state index in [1.807, 2.05) is 0 Å². The zero-order chi connectivity index (χ0) is 20.3. The van der Waals surface area contributed by atoms with E-state index < -0.39 is 5.97 Å². The largest absolute Gasteiger partial charge is 0.480 e. The molecule has 0 rings (SSSR count). The lowest BCUT2D eigenvalue weighted by molar-refractivity contribution is -0.139. The summed E-state index contributed by atoms with van der Waals surface area (Å²) in [5.41, 5.74) is 0. The molecular weight excluding hydrogens is 334 g/mol. The van der Waals surface area contributed by atoms with Crippen LogP contribution < -0.4 is 0 Å². The number of allylic oxidation sites excluding steroid dienone is 4. The summed E-state index contributed by atoms with van der Waals surface area (Å²) in [5.74, 6) is -0.705. The minimum absolute atomic E-state index is 0.163. The van der Waals surface area contributed by atoms with Gasteiger partial charge in [0.2, 0.25) is 0 Å². The summed E-state index contributed by atoms with van der Waals surface area (Å²) in [7, 11) is 0. The van der Waals surface area contributed by atoms with Crippen molar-refractivity contribution in [1.29, 1.82) is 0 Å². The van der Waals surface area contributed by atoms with Gasteiger partial charge in [0, 0.05) is 12.1 Å². The van der Waals surface area contributed by atoms with Crippen molar-refractivity contribution in [1.82, 2.24) is 4.90 Å². The van der Waals surface area contributed by atoms with Gasteiger partial charge in [0.25, 0.3) is 0 Å². The van der Waals surface area contributed by atoms with Crippen molar-refractivity contribution in [2.24, 2.45) is 0 Å². The predicted octanol–water partition coefficient (Wildman–Crippen LogP) is 6.98. The molecule has 0 aromatic carbocycles. The molecule has 0 bridgehead atoms. The van der Waals surface area contributed by atoms with Gasteiger partial charge in [-0.25, -0.2) is 0 Å². The van der Waals surface area contributed by atoms with E-state index in [2.05, 4.69) is 56.9 Å². The molecule has 0 amide bonds. The molecule has 27 heavy (non-hydrogen) atoms. The minimum atomic E-state index is -0.705. The highest BCUT2D eigenvalue weighted by Crippen LogP contribution is 2.20. The molecule has 0 saturated heterocycles. The van der Waals surface area contributed by atoms with Gasteiger partial charge in [-0.1, -0.05) is 77.7 Å². The van der Waals surface area contributed by atoms with Crippen LogP contribution in [0, 0.1) is 0 Å². The average molecular weight is 380 g/mol. The minimum Gasteiger partial charge on any atom is -0.480 e. The van der Waals surface area contributed by atoms with Gasteiger partial charge < -0.3 is 5.11 Å². The van der Waals surface area contributed by atoms with Crippen LogP contribution in [0.5, 0.6) is 0 Å². The number of aliphatic carboxylic acids is 1. The molecule has 2 atom stereocenters. The Labute approximate surface area is 168 Å². The molecule has 0 heterocycles. The number of nitrogens with zero attached hydrogens (tertiary/aromatic N) is 1. The van der Waals surface area contributed by atoms with Crippen LogP contribution in [-0.2, 0) is 4.79 Å². The maximum Gasteiger partial charge on any atom is 0.317 e. The van der Waals surface area contributed by atoms with Gasteiger partial charge >= 0.3 is 5.97 Å². The number of hydrogen-bond donors (Lipinski definition) is 1. The van der Waals surface area contributed by atoms with E-state index in [1.54, 1.807) is 0 Å². The van der Waals surface area contributed by atoms with Crippen LogP contribution in [0.25, 0.3) is 0 Å². The van der Waals surface area contributed by atoms with Crippen molar-refractivity contribution in [2.75, 3.05) is 6.54 Å².